The molecule has 0 aromatic carbocycles. The summed E-state index contributed by atoms with van der Waals surface area (Å²) in [4.78, 5) is 29.5. The molecule has 1 saturated heterocycles. The predicted molar refractivity (Wildman–Crippen MR) is 97.2 cm³/mol. The zero-order valence-corrected chi connectivity index (χ0v) is 14.9. The lowest BCUT2D eigenvalue weighted by Gasteiger charge is -2.32. The van der Waals surface area contributed by atoms with Gasteiger partial charge in [-0.05, 0) is 18.9 Å². The molecule has 1 unspecified atom stereocenters. The van der Waals surface area contributed by atoms with E-state index in [2.05, 4.69) is 15.1 Å². The Morgan fingerprint density at radius 1 is 1.27 bits per heavy atom. The topological polar surface area (TPSA) is 79.5 Å². The van der Waals surface area contributed by atoms with Gasteiger partial charge in [-0.3, -0.25) is 9.78 Å². The van der Waals surface area contributed by atoms with Gasteiger partial charge >= 0.3 is 0 Å². The summed E-state index contributed by atoms with van der Waals surface area (Å²) in [6.45, 7) is 1.36. The van der Waals surface area contributed by atoms with Crippen molar-refractivity contribution in [2.75, 3.05) is 32.1 Å². The van der Waals surface area contributed by atoms with E-state index >= 15 is 0 Å². The summed E-state index contributed by atoms with van der Waals surface area (Å²) in [6, 6.07) is 1.96. The molecule has 0 N–H and O–H groups in total. The number of amides is 1. The minimum atomic E-state index is -0.0733. The number of piperidine rings is 1. The fraction of sp³-hybridized carbons (Fsp3) is 0.389. The van der Waals surface area contributed by atoms with Gasteiger partial charge in [0.2, 0.25) is 0 Å². The number of aromatic nitrogens is 5. The number of anilines is 1. The average Bonchev–Trinajstić information content (AvgIpc) is 3.16. The first-order chi connectivity index (χ1) is 12.6. The van der Waals surface area contributed by atoms with Crippen molar-refractivity contribution in [1.29, 1.82) is 0 Å². The highest BCUT2D eigenvalue weighted by Crippen LogP contribution is 2.29. The third-order valence-corrected chi connectivity index (χ3v) is 4.72. The Balaban J connectivity index is 1.62. The van der Waals surface area contributed by atoms with Crippen molar-refractivity contribution in [3.63, 3.8) is 0 Å². The van der Waals surface area contributed by atoms with Gasteiger partial charge in [-0.15, -0.1) is 0 Å². The second-order valence-electron chi connectivity index (χ2n) is 6.73. The number of fused-ring (bicyclic) bond motifs is 1. The van der Waals surface area contributed by atoms with E-state index in [0.717, 1.165) is 36.4 Å². The van der Waals surface area contributed by atoms with E-state index in [1.165, 1.54) is 6.20 Å². The van der Waals surface area contributed by atoms with Crippen LogP contribution in [0.4, 0.5) is 5.82 Å². The summed E-state index contributed by atoms with van der Waals surface area (Å²) >= 11 is 0. The van der Waals surface area contributed by atoms with Crippen molar-refractivity contribution in [3.05, 3.63) is 48.4 Å². The fourth-order valence-electron chi connectivity index (χ4n) is 3.43. The number of hydrogen-bond acceptors (Lipinski definition) is 6. The highest BCUT2D eigenvalue weighted by atomic mass is 16.2. The molecule has 134 valence electrons. The SMILES string of the molecule is CN(C)c1nc(C2CCCN(C(=O)c3cnccn3)C2)cn2nccc12. The first-order valence-corrected chi connectivity index (χ1v) is 8.70. The molecule has 0 bridgehead atoms. The van der Waals surface area contributed by atoms with Crippen LogP contribution in [-0.4, -0.2) is 62.6 Å². The number of hydrogen-bond donors (Lipinski definition) is 0. The number of rotatable bonds is 3. The molecule has 1 amide bonds. The number of carbonyl (C=O) groups is 1. The van der Waals surface area contributed by atoms with Crippen molar-refractivity contribution in [2.24, 2.45) is 0 Å². The minimum absolute atomic E-state index is 0.0733. The lowest BCUT2D eigenvalue weighted by Crippen LogP contribution is -2.39. The van der Waals surface area contributed by atoms with Crippen LogP contribution in [0.1, 0.15) is 34.9 Å². The van der Waals surface area contributed by atoms with E-state index in [-0.39, 0.29) is 11.8 Å². The van der Waals surface area contributed by atoms with Crippen LogP contribution in [-0.2, 0) is 0 Å². The Morgan fingerprint density at radius 3 is 2.92 bits per heavy atom. The van der Waals surface area contributed by atoms with Gasteiger partial charge in [-0.25, -0.2) is 14.5 Å². The summed E-state index contributed by atoms with van der Waals surface area (Å²) in [5.74, 6) is 0.991. The third-order valence-electron chi connectivity index (χ3n) is 4.72. The third kappa shape index (κ3) is 2.98. The maximum absolute atomic E-state index is 12.7. The molecule has 0 aliphatic carbocycles. The van der Waals surface area contributed by atoms with E-state index in [9.17, 15) is 4.79 Å². The summed E-state index contributed by atoms with van der Waals surface area (Å²) in [6.07, 6.45) is 10.3. The van der Waals surface area contributed by atoms with Crippen LogP contribution < -0.4 is 4.90 Å². The maximum atomic E-state index is 12.7. The van der Waals surface area contributed by atoms with Gasteiger partial charge < -0.3 is 9.80 Å². The number of nitrogens with zero attached hydrogens (tertiary/aromatic N) is 7. The van der Waals surface area contributed by atoms with Crippen molar-refractivity contribution in [3.8, 4) is 0 Å². The molecule has 3 aromatic rings. The largest absolute Gasteiger partial charge is 0.361 e. The van der Waals surface area contributed by atoms with E-state index in [4.69, 9.17) is 4.98 Å². The highest BCUT2D eigenvalue weighted by Gasteiger charge is 2.28. The van der Waals surface area contributed by atoms with E-state index in [1.54, 1.807) is 18.6 Å². The van der Waals surface area contributed by atoms with E-state index in [0.29, 0.717) is 12.2 Å². The van der Waals surface area contributed by atoms with Crippen LogP contribution in [0.5, 0.6) is 0 Å². The molecule has 1 aliphatic rings. The van der Waals surface area contributed by atoms with Gasteiger partial charge in [0.25, 0.3) is 5.91 Å². The molecule has 8 nitrogen and oxygen atoms in total. The quantitative estimate of drug-likeness (QED) is 0.713. The van der Waals surface area contributed by atoms with Gasteiger partial charge in [-0.2, -0.15) is 5.10 Å². The molecule has 4 rings (SSSR count). The molecule has 0 spiro atoms. The van der Waals surface area contributed by atoms with Crippen LogP contribution in [0, 0.1) is 0 Å². The zero-order chi connectivity index (χ0) is 18.1. The minimum Gasteiger partial charge on any atom is -0.361 e. The van der Waals surface area contributed by atoms with Crippen LogP contribution in [0.3, 0.4) is 0 Å². The summed E-state index contributed by atoms with van der Waals surface area (Å²) in [5.41, 5.74) is 2.32. The molecule has 4 heterocycles. The van der Waals surface area contributed by atoms with E-state index < -0.39 is 0 Å². The molecule has 0 radical (unpaired) electrons. The fourth-order valence-corrected chi connectivity index (χ4v) is 3.43. The normalized spacial score (nSPS) is 17.5. The van der Waals surface area contributed by atoms with Crippen molar-refractivity contribution < 1.29 is 4.79 Å². The molecular weight excluding hydrogens is 330 g/mol. The maximum Gasteiger partial charge on any atom is 0.274 e. The molecule has 8 heteroatoms. The van der Waals surface area contributed by atoms with Crippen molar-refractivity contribution in [1.82, 2.24) is 29.5 Å². The first-order valence-electron chi connectivity index (χ1n) is 8.70. The summed E-state index contributed by atoms with van der Waals surface area (Å²) in [5, 5.41) is 4.37. The van der Waals surface area contributed by atoms with Gasteiger partial charge in [0.1, 0.15) is 11.2 Å². The monoisotopic (exact) mass is 351 g/mol. The second kappa shape index (κ2) is 6.70. The van der Waals surface area contributed by atoms with E-state index in [1.807, 2.05) is 40.7 Å². The van der Waals surface area contributed by atoms with Gasteiger partial charge in [0.05, 0.1) is 24.3 Å². The lowest BCUT2D eigenvalue weighted by molar-refractivity contribution is 0.0699. The molecule has 3 aromatic heterocycles. The van der Waals surface area contributed by atoms with Crippen molar-refractivity contribution >= 4 is 17.2 Å². The average molecular weight is 351 g/mol. The lowest BCUT2D eigenvalue weighted by atomic mass is 9.94. The summed E-state index contributed by atoms with van der Waals surface area (Å²) < 4.78 is 1.86. The molecule has 1 aliphatic heterocycles. The van der Waals surface area contributed by atoms with Gasteiger partial charge in [0.15, 0.2) is 5.82 Å². The standard InChI is InChI=1S/C18H21N7O/c1-23(2)17-16-5-6-21-25(16)12-15(22-17)13-4-3-9-24(11-13)18(26)14-10-19-7-8-20-14/h5-8,10,12-13H,3-4,9,11H2,1-2H3. The number of carbonyl (C=O) groups excluding carboxylic acids is 1. The zero-order valence-electron chi connectivity index (χ0n) is 14.9. The highest BCUT2D eigenvalue weighted by molar-refractivity contribution is 5.92. The molecule has 1 fully saturated rings. The summed E-state index contributed by atoms with van der Waals surface area (Å²) in [7, 11) is 3.95. The smallest absolute Gasteiger partial charge is 0.274 e. The Hall–Kier alpha value is -3.03. The Morgan fingerprint density at radius 2 is 2.15 bits per heavy atom. The van der Waals surface area contributed by atoms with Crippen molar-refractivity contribution in [2.45, 2.75) is 18.8 Å². The molecule has 0 saturated carbocycles. The molecular formula is C18H21N7O. The molecule has 26 heavy (non-hydrogen) atoms. The van der Waals surface area contributed by atoms with Gasteiger partial charge in [-0.1, -0.05) is 0 Å². The predicted octanol–water partition coefficient (Wildman–Crippen LogP) is 1.61. The molecule has 1 atom stereocenters. The van der Waals surface area contributed by atoms with Crippen LogP contribution in [0.25, 0.3) is 5.52 Å². The van der Waals surface area contributed by atoms with Crippen LogP contribution in [0.15, 0.2) is 37.1 Å². The second-order valence-corrected chi connectivity index (χ2v) is 6.73. The Bertz CT molecular complexity index is 922. The Labute approximate surface area is 151 Å². The van der Waals surface area contributed by atoms with Gasteiger partial charge in [0, 0.05) is 45.5 Å². The number of likely N-dealkylation sites (tertiary alicyclic amines) is 1. The first kappa shape index (κ1) is 16.4. The van der Waals surface area contributed by atoms with Crippen LogP contribution >= 0.6 is 0 Å². The van der Waals surface area contributed by atoms with Crippen LogP contribution in [0.2, 0.25) is 0 Å². The Kier molecular flexibility index (Phi) is 4.24.